The number of halogens is 2. The molecule has 2 aromatic carbocycles. The van der Waals surface area contributed by atoms with Crippen molar-refractivity contribution in [2.24, 2.45) is 11.5 Å². The van der Waals surface area contributed by atoms with E-state index in [4.69, 9.17) is 34.7 Å². The van der Waals surface area contributed by atoms with Crippen LogP contribution in [0, 0.1) is 6.92 Å². The van der Waals surface area contributed by atoms with Crippen LogP contribution in [0.4, 0.5) is 0 Å². The van der Waals surface area contributed by atoms with Crippen molar-refractivity contribution in [1.82, 2.24) is 4.57 Å². The molecule has 0 aliphatic carbocycles. The highest BCUT2D eigenvalue weighted by Gasteiger charge is 2.13. The van der Waals surface area contributed by atoms with Crippen molar-refractivity contribution >= 4 is 28.9 Å². The van der Waals surface area contributed by atoms with Gasteiger partial charge in [-0.05, 0) is 42.2 Å². The molecule has 29 heavy (non-hydrogen) atoms. The Morgan fingerprint density at radius 1 is 1.03 bits per heavy atom. The standard InChI is InChI=1S/C23H23Cl2N3O/c1-15-18(13-19-20(24)3-2-4-21(19)25)23(29)10-12-28(15)11-9-16-5-7-17(8-6-16)22(27)14-26/h2-8,10,12,14H,9,11,13,26-27H2,1H3/b22-14-. The molecule has 0 saturated carbocycles. The van der Waals surface area contributed by atoms with Crippen LogP contribution >= 0.6 is 23.2 Å². The van der Waals surface area contributed by atoms with Gasteiger partial charge >= 0.3 is 0 Å². The van der Waals surface area contributed by atoms with Gasteiger partial charge in [0, 0.05) is 52.7 Å². The quantitative estimate of drug-likeness (QED) is 0.607. The third-order valence-corrected chi connectivity index (χ3v) is 5.80. The molecule has 1 aromatic heterocycles. The Morgan fingerprint density at radius 2 is 1.69 bits per heavy atom. The lowest BCUT2D eigenvalue weighted by Crippen LogP contribution is -2.18. The molecule has 1 heterocycles. The zero-order chi connectivity index (χ0) is 21.0. The van der Waals surface area contributed by atoms with Crippen molar-refractivity contribution in [2.45, 2.75) is 26.3 Å². The van der Waals surface area contributed by atoms with Crippen LogP contribution in [0.25, 0.3) is 5.70 Å². The van der Waals surface area contributed by atoms with E-state index in [0.717, 1.165) is 29.8 Å². The summed E-state index contributed by atoms with van der Waals surface area (Å²) in [5, 5.41) is 1.13. The van der Waals surface area contributed by atoms with Crippen molar-refractivity contribution in [2.75, 3.05) is 0 Å². The number of nitrogens with zero attached hydrogens (tertiary/aromatic N) is 1. The lowest BCUT2D eigenvalue weighted by atomic mass is 10.0. The summed E-state index contributed by atoms with van der Waals surface area (Å²) in [4.78, 5) is 12.5. The van der Waals surface area contributed by atoms with E-state index in [2.05, 4.69) is 4.57 Å². The summed E-state index contributed by atoms with van der Waals surface area (Å²) in [7, 11) is 0. The summed E-state index contributed by atoms with van der Waals surface area (Å²) >= 11 is 12.6. The molecule has 0 saturated heterocycles. The average molecular weight is 428 g/mol. The molecule has 4 N–H and O–H groups in total. The van der Waals surface area contributed by atoms with E-state index >= 15 is 0 Å². The second-order valence-corrected chi connectivity index (χ2v) is 7.70. The van der Waals surface area contributed by atoms with Gasteiger partial charge in [-0.2, -0.15) is 0 Å². The number of pyridine rings is 1. The predicted molar refractivity (Wildman–Crippen MR) is 121 cm³/mol. The largest absolute Gasteiger partial charge is 0.403 e. The van der Waals surface area contributed by atoms with Gasteiger partial charge in [0.1, 0.15) is 0 Å². The van der Waals surface area contributed by atoms with Gasteiger partial charge in [0.05, 0.1) is 5.70 Å². The van der Waals surface area contributed by atoms with Crippen molar-refractivity contribution in [1.29, 1.82) is 0 Å². The van der Waals surface area contributed by atoms with Gasteiger partial charge < -0.3 is 16.0 Å². The fourth-order valence-electron chi connectivity index (χ4n) is 3.27. The second kappa shape index (κ2) is 9.21. The zero-order valence-corrected chi connectivity index (χ0v) is 17.7. The lowest BCUT2D eigenvalue weighted by Gasteiger charge is -2.15. The van der Waals surface area contributed by atoms with Gasteiger partial charge in [0.2, 0.25) is 0 Å². The number of aryl methyl sites for hydroxylation is 2. The maximum Gasteiger partial charge on any atom is 0.185 e. The monoisotopic (exact) mass is 427 g/mol. The molecule has 0 aliphatic heterocycles. The van der Waals surface area contributed by atoms with E-state index in [1.807, 2.05) is 37.4 Å². The lowest BCUT2D eigenvalue weighted by molar-refractivity contribution is 0.662. The van der Waals surface area contributed by atoms with Crippen LogP contribution in [0.3, 0.4) is 0 Å². The van der Waals surface area contributed by atoms with Crippen LogP contribution in [-0.2, 0) is 19.4 Å². The van der Waals surface area contributed by atoms with Crippen LogP contribution in [0.5, 0.6) is 0 Å². The fraction of sp³-hybridized carbons (Fsp3) is 0.174. The molecule has 0 fully saturated rings. The van der Waals surface area contributed by atoms with Crippen LogP contribution < -0.4 is 16.9 Å². The van der Waals surface area contributed by atoms with Crippen molar-refractivity contribution in [3.05, 3.63) is 109 Å². The maximum atomic E-state index is 12.5. The van der Waals surface area contributed by atoms with E-state index in [0.29, 0.717) is 27.7 Å². The Labute approximate surface area is 180 Å². The third kappa shape index (κ3) is 4.84. The third-order valence-electron chi connectivity index (χ3n) is 5.09. The minimum atomic E-state index is -0.0110. The SMILES string of the molecule is Cc1c(Cc2c(Cl)cccc2Cl)c(=O)ccn1CCc1ccc(/C(N)=C/N)cc1. The molecule has 0 atom stereocenters. The van der Waals surface area contributed by atoms with Crippen LogP contribution in [0.15, 0.2) is 65.7 Å². The number of benzene rings is 2. The van der Waals surface area contributed by atoms with E-state index in [1.165, 1.54) is 11.8 Å². The highest BCUT2D eigenvalue weighted by Crippen LogP contribution is 2.27. The van der Waals surface area contributed by atoms with Crippen LogP contribution in [0.1, 0.15) is 27.9 Å². The Balaban J connectivity index is 1.81. The molecule has 4 nitrogen and oxygen atoms in total. The molecule has 0 amide bonds. The van der Waals surface area contributed by atoms with Gasteiger partial charge in [0.15, 0.2) is 5.43 Å². The zero-order valence-electron chi connectivity index (χ0n) is 16.2. The smallest absolute Gasteiger partial charge is 0.185 e. The van der Waals surface area contributed by atoms with E-state index in [1.54, 1.807) is 24.3 Å². The van der Waals surface area contributed by atoms with Crippen LogP contribution in [-0.4, -0.2) is 4.57 Å². The first-order chi connectivity index (χ1) is 13.9. The predicted octanol–water partition coefficient (Wildman–Crippen LogP) is 4.51. The first kappa shape index (κ1) is 21.0. The summed E-state index contributed by atoms with van der Waals surface area (Å²) in [6, 6.07) is 15.0. The molecule has 0 unspecified atom stereocenters. The van der Waals surface area contributed by atoms with Crippen molar-refractivity contribution < 1.29 is 0 Å². The van der Waals surface area contributed by atoms with Crippen molar-refractivity contribution in [3.63, 3.8) is 0 Å². The molecule has 3 aromatic rings. The molecule has 150 valence electrons. The van der Waals surface area contributed by atoms with Crippen molar-refractivity contribution in [3.8, 4) is 0 Å². The van der Waals surface area contributed by atoms with E-state index in [9.17, 15) is 4.79 Å². The summed E-state index contributed by atoms with van der Waals surface area (Å²) in [6.45, 7) is 2.70. The summed E-state index contributed by atoms with van der Waals surface area (Å²) in [6.07, 6.45) is 4.45. The number of aromatic nitrogens is 1. The van der Waals surface area contributed by atoms with Crippen LogP contribution in [0.2, 0.25) is 10.0 Å². The molecule has 3 rings (SSSR count). The molecule has 0 radical (unpaired) electrons. The van der Waals surface area contributed by atoms with Gasteiger partial charge in [-0.25, -0.2) is 0 Å². The summed E-state index contributed by atoms with van der Waals surface area (Å²) in [5.74, 6) is 0. The molecule has 0 bridgehead atoms. The summed E-state index contributed by atoms with van der Waals surface area (Å²) < 4.78 is 2.09. The maximum absolute atomic E-state index is 12.5. The highest BCUT2D eigenvalue weighted by molar-refractivity contribution is 6.36. The van der Waals surface area contributed by atoms with Gasteiger partial charge in [-0.1, -0.05) is 53.5 Å². The second-order valence-electron chi connectivity index (χ2n) is 6.88. The van der Waals surface area contributed by atoms with E-state index < -0.39 is 0 Å². The summed E-state index contributed by atoms with van der Waals surface area (Å²) in [5.41, 5.74) is 16.3. The number of rotatable bonds is 6. The average Bonchev–Trinajstić information content (AvgIpc) is 2.72. The topological polar surface area (TPSA) is 74.0 Å². The molecule has 0 spiro atoms. The molecule has 6 heteroatoms. The highest BCUT2D eigenvalue weighted by atomic mass is 35.5. The first-order valence-corrected chi connectivity index (χ1v) is 10.0. The van der Waals surface area contributed by atoms with Gasteiger partial charge in [-0.15, -0.1) is 0 Å². The Kier molecular flexibility index (Phi) is 6.68. The Bertz CT molecular complexity index is 1080. The van der Waals surface area contributed by atoms with E-state index in [-0.39, 0.29) is 5.43 Å². The molecular formula is C23H23Cl2N3O. The number of nitrogens with two attached hydrogens (primary N) is 2. The number of hydrogen-bond acceptors (Lipinski definition) is 3. The minimum Gasteiger partial charge on any atom is -0.403 e. The van der Waals surface area contributed by atoms with Gasteiger partial charge in [0.25, 0.3) is 0 Å². The van der Waals surface area contributed by atoms with Gasteiger partial charge in [-0.3, -0.25) is 4.79 Å². The normalized spacial score (nSPS) is 11.6. The number of hydrogen-bond donors (Lipinski definition) is 2. The fourth-order valence-corrected chi connectivity index (χ4v) is 3.80. The molecule has 0 aliphatic rings. The Morgan fingerprint density at radius 3 is 2.31 bits per heavy atom. The Hall–Kier alpha value is -2.69. The minimum absolute atomic E-state index is 0.0110. The first-order valence-electron chi connectivity index (χ1n) is 9.29. The molecular weight excluding hydrogens is 405 g/mol.